The highest BCUT2D eigenvalue weighted by Gasteiger charge is 2.25. The van der Waals surface area contributed by atoms with Gasteiger partial charge in [-0.3, -0.25) is 4.79 Å². The quantitative estimate of drug-likeness (QED) is 0.0428. The van der Waals surface area contributed by atoms with Crippen molar-refractivity contribution in [3.8, 4) is 0 Å². The first-order valence-corrected chi connectivity index (χ1v) is 17.4. The van der Waals surface area contributed by atoms with E-state index in [0.717, 1.165) is 55.9 Å². The summed E-state index contributed by atoms with van der Waals surface area (Å²) >= 11 is 0. The molecule has 2 atom stereocenters. The Labute approximate surface area is 250 Å². The van der Waals surface area contributed by atoms with Crippen LogP contribution in [-0.2, 0) is 9.53 Å². The van der Waals surface area contributed by atoms with E-state index < -0.39 is 11.9 Å². The van der Waals surface area contributed by atoms with Crippen LogP contribution in [0.25, 0.3) is 0 Å². The molecule has 0 aromatic heterocycles. The maximum atomic E-state index is 12.1. The number of carbonyl (C=O) groups excluding carboxylic acids is 1. The van der Waals surface area contributed by atoms with Crippen molar-refractivity contribution < 1.29 is 19.7 Å². The Morgan fingerprint density at radius 2 is 1.05 bits per heavy atom. The lowest BCUT2D eigenvalue weighted by Gasteiger charge is -2.19. The van der Waals surface area contributed by atoms with Gasteiger partial charge in [-0.15, -0.1) is 0 Å². The van der Waals surface area contributed by atoms with Crippen molar-refractivity contribution in [2.24, 2.45) is 17.8 Å². The number of hydrogen-bond acceptors (Lipinski definition) is 4. The second-order valence-corrected chi connectivity index (χ2v) is 13.5. The molecule has 4 nitrogen and oxygen atoms in total. The predicted molar refractivity (Wildman–Crippen MR) is 172 cm³/mol. The molecule has 0 spiro atoms. The summed E-state index contributed by atoms with van der Waals surface area (Å²) in [4.78, 5) is 12.1. The Hall–Kier alpha value is -0.870. The first-order chi connectivity index (χ1) is 19.1. The molecule has 0 aliphatic rings. The number of esters is 1. The van der Waals surface area contributed by atoms with E-state index in [2.05, 4.69) is 34.6 Å². The third-order valence-electron chi connectivity index (χ3n) is 8.32. The zero-order valence-electron chi connectivity index (χ0n) is 27.8. The number of hydrogen-bond donors (Lipinski definition) is 2. The van der Waals surface area contributed by atoms with Gasteiger partial charge < -0.3 is 14.9 Å². The van der Waals surface area contributed by atoms with Crippen molar-refractivity contribution >= 4 is 5.97 Å². The minimum absolute atomic E-state index is 0.237. The maximum absolute atomic E-state index is 12.1. The summed E-state index contributed by atoms with van der Waals surface area (Å²) < 4.78 is 4.96. The summed E-state index contributed by atoms with van der Waals surface area (Å²) in [5.74, 6) is -0.723. The molecule has 0 fully saturated rings. The minimum atomic E-state index is -2.50. The fourth-order valence-electron chi connectivity index (χ4n) is 5.64. The Kier molecular flexibility index (Phi) is 25.2. The standard InChI is InChI=1S/C36H70O4/c1-7-8-9-10-11-12-13-14-15-16-17-18-19-29-35(37)40-36(38,39)30-34(6)28-22-27-33(5)26-21-25-32(4)24-20-23-31(2)3/h30-33,38-39H,7-29H2,1-6H3/b34-30+. The first-order valence-electron chi connectivity index (χ1n) is 17.4. The van der Waals surface area contributed by atoms with Gasteiger partial charge in [-0.05, 0) is 43.9 Å². The molecule has 0 heterocycles. The summed E-state index contributed by atoms with van der Waals surface area (Å²) in [6, 6.07) is 0. The van der Waals surface area contributed by atoms with Crippen LogP contribution in [0, 0.1) is 17.8 Å². The molecule has 0 aromatic carbocycles. The summed E-state index contributed by atoms with van der Waals surface area (Å²) in [5, 5.41) is 20.3. The average Bonchev–Trinajstić information content (AvgIpc) is 2.86. The molecule has 2 unspecified atom stereocenters. The molecule has 238 valence electrons. The molecule has 0 amide bonds. The van der Waals surface area contributed by atoms with Gasteiger partial charge in [0.1, 0.15) is 0 Å². The van der Waals surface area contributed by atoms with Crippen molar-refractivity contribution in [3.63, 3.8) is 0 Å². The van der Waals surface area contributed by atoms with Crippen LogP contribution < -0.4 is 0 Å². The fourth-order valence-corrected chi connectivity index (χ4v) is 5.64. The number of aliphatic hydroxyl groups is 2. The minimum Gasteiger partial charge on any atom is -0.405 e. The summed E-state index contributed by atoms with van der Waals surface area (Å²) in [7, 11) is 0. The van der Waals surface area contributed by atoms with E-state index in [1.807, 2.05) is 6.92 Å². The van der Waals surface area contributed by atoms with Crippen molar-refractivity contribution in [1.82, 2.24) is 0 Å². The van der Waals surface area contributed by atoms with E-state index in [4.69, 9.17) is 4.74 Å². The van der Waals surface area contributed by atoms with E-state index in [1.165, 1.54) is 109 Å². The van der Waals surface area contributed by atoms with Gasteiger partial charge in [0.05, 0.1) is 0 Å². The lowest BCUT2D eigenvalue weighted by Crippen LogP contribution is -2.32. The Morgan fingerprint density at radius 1 is 0.625 bits per heavy atom. The molecule has 40 heavy (non-hydrogen) atoms. The van der Waals surface area contributed by atoms with Gasteiger partial charge in [0.25, 0.3) is 0 Å². The van der Waals surface area contributed by atoms with E-state index >= 15 is 0 Å². The molecule has 0 saturated heterocycles. The van der Waals surface area contributed by atoms with Crippen LogP contribution in [0.5, 0.6) is 0 Å². The molecule has 0 rings (SSSR count). The fraction of sp³-hybridized carbons (Fsp3) is 0.917. The molecule has 0 saturated carbocycles. The van der Waals surface area contributed by atoms with Crippen LogP contribution in [0.2, 0.25) is 0 Å². The lowest BCUT2D eigenvalue weighted by atomic mass is 9.91. The van der Waals surface area contributed by atoms with Crippen LogP contribution in [0.3, 0.4) is 0 Å². The molecule has 0 aliphatic heterocycles. The topological polar surface area (TPSA) is 66.8 Å². The zero-order valence-corrected chi connectivity index (χ0v) is 27.8. The Morgan fingerprint density at radius 3 is 1.52 bits per heavy atom. The van der Waals surface area contributed by atoms with Gasteiger partial charge in [-0.2, -0.15) is 0 Å². The van der Waals surface area contributed by atoms with Gasteiger partial charge in [-0.25, -0.2) is 0 Å². The summed E-state index contributed by atoms with van der Waals surface area (Å²) in [5.41, 5.74) is 0.852. The normalized spacial score (nSPS) is 14.1. The second kappa shape index (κ2) is 25.8. The van der Waals surface area contributed by atoms with E-state index in [-0.39, 0.29) is 6.42 Å². The van der Waals surface area contributed by atoms with Gasteiger partial charge in [0.2, 0.25) is 0 Å². The summed E-state index contributed by atoms with van der Waals surface area (Å²) in [6.07, 6.45) is 28.6. The smallest absolute Gasteiger partial charge is 0.346 e. The van der Waals surface area contributed by atoms with Crippen molar-refractivity contribution in [1.29, 1.82) is 0 Å². The highest BCUT2D eigenvalue weighted by atomic mass is 16.8. The summed E-state index contributed by atoms with van der Waals surface area (Å²) in [6.45, 7) is 13.5. The number of ether oxygens (including phenoxy) is 1. The van der Waals surface area contributed by atoms with E-state index in [9.17, 15) is 15.0 Å². The monoisotopic (exact) mass is 567 g/mol. The van der Waals surface area contributed by atoms with E-state index in [1.54, 1.807) is 0 Å². The van der Waals surface area contributed by atoms with Gasteiger partial charge in [-0.1, -0.05) is 162 Å². The largest absolute Gasteiger partial charge is 0.405 e. The maximum Gasteiger partial charge on any atom is 0.346 e. The Bertz CT molecular complexity index is 610. The number of carbonyl (C=O) groups is 1. The SMILES string of the molecule is CCCCCCCCCCCCCCCC(=O)OC(O)(O)/C=C(\C)CCCC(C)CCCC(C)CCCC(C)C. The van der Waals surface area contributed by atoms with Crippen molar-refractivity contribution in [2.45, 2.75) is 195 Å². The zero-order chi connectivity index (χ0) is 30.1. The predicted octanol–water partition coefficient (Wildman–Crippen LogP) is 11.0. The number of unbranched alkanes of at least 4 members (excludes halogenated alkanes) is 12. The third-order valence-corrected chi connectivity index (χ3v) is 8.32. The van der Waals surface area contributed by atoms with Crippen LogP contribution in [0.4, 0.5) is 0 Å². The molecule has 2 N–H and O–H groups in total. The van der Waals surface area contributed by atoms with Crippen molar-refractivity contribution in [3.05, 3.63) is 11.6 Å². The van der Waals surface area contributed by atoms with E-state index in [0.29, 0.717) is 5.92 Å². The van der Waals surface area contributed by atoms with Crippen molar-refractivity contribution in [2.75, 3.05) is 0 Å². The second-order valence-electron chi connectivity index (χ2n) is 13.5. The molecular weight excluding hydrogens is 496 g/mol. The highest BCUT2D eigenvalue weighted by Crippen LogP contribution is 2.23. The molecule has 0 bridgehead atoms. The molecule has 0 aliphatic carbocycles. The van der Waals surface area contributed by atoms with Gasteiger partial charge in [0, 0.05) is 12.5 Å². The Balaban J connectivity index is 3.85. The molecule has 0 aromatic rings. The number of rotatable bonds is 28. The third kappa shape index (κ3) is 27.3. The highest BCUT2D eigenvalue weighted by molar-refractivity contribution is 5.69. The molecular formula is C36H70O4. The van der Waals surface area contributed by atoms with Gasteiger partial charge in [0.15, 0.2) is 0 Å². The van der Waals surface area contributed by atoms with Crippen LogP contribution in [0.15, 0.2) is 11.6 Å². The average molecular weight is 567 g/mol. The molecule has 4 heteroatoms. The number of allylic oxidation sites excluding steroid dienone is 1. The molecule has 0 radical (unpaired) electrons. The first kappa shape index (κ1) is 39.1. The van der Waals surface area contributed by atoms with Crippen LogP contribution in [-0.4, -0.2) is 22.2 Å². The van der Waals surface area contributed by atoms with Crippen LogP contribution >= 0.6 is 0 Å². The van der Waals surface area contributed by atoms with Crippen LogP contribution in [0.1, 0.15) is 189 Å². The van der Waals surface area contributed by atoms with Gasteiger partial charge >= 0.3 is 11.9 Å². The lowest BCUT2D eigenvalue weighted by molar-refractivity contribution is -0.287.